The first-order chi connectivity index (χ1) is 14.1. The van der Waals surface area contributed by atoms with Gasteiger partial charge in [-0.15, -0.1) is 6.58 Å². The zero-order valence-corrected chi connectivity index (χ0v) is 19.6. The van der Waals surface area contributed by atoms with Gasteiger partial charge >= 0.3 is 0 Å². The molecule has 3 atom stereocenters. The molecule has 0 radical (unpaired) electrons. The second kappa shape index (κ2) is 15.6. The standard InChI is InChI=1S/C25H47N3O/c1-5-7-8-9-10-11-12-13-14-15-16-17-18-19-20-25-26-21-22-28(25,6-2)23(3)27-24(4)29/h5,21,23,25H,1,6-20,22H2,2-4H3/p+1. The molecule has 0 aromatic heterocycles. The van der Waals surface area contributed by atoms with Gasteiger partial charge in [-0.2, -0.15) is 0 Å². The van der Waals surface area contributed by atoms with Crippen molar-refractivity contribution in [1.29, 1.82) is 0 Å². The molecule has 1 heterocycles. The molecule has 0 saturated carbocycles. The van der Waals surface area contributed by atoms with Gasteiger partial charge in [0, 0.05) is 20.3 Å². The zero-order chi connectivity index (χ0) is 21.4. The highest BCUT2D eigenvalue weighted by Gasteiger charge is 2.42. The summed E-state index contributed by atoms with van der Waals surface area (Å²) < 4.78 is 0.882. The van der Waals surface area contributed by atoms with E-state index in [1.807, 2.05) is 6.08 Å². The van der Waals surface area contributed by atoms with Crippen LogP contribution in [0.5, 0.6) is 0 Å². The van der Waals surface area contributed by atoms with Crippen LogP contribution in [-0.2, 0) is 4.79 Å². The van der Waals surface area contributed by atoms with E-state index in [2.05, 4.69) is 32.0 Å². The van der Waals surface area contributed by atoms with Gasteiger partial charge < -0.3 is 5.32 Å². The molecule has 0 saturated heterocycles. The summed E-state index contributed by atoms with van der Waals surface area (Å²) in [5.74, 6) is 0.0572. The van der Waals surface area contributed by atoms with Crippen molar-refractivity contribution in [2.24, 2.45) is 4.99 Å². The lowest BCUT2D eigenvalue weighted by atomic mass is 10.0. The highest BCUT2D eigenvalue weighted by Crippen LogP contribution is 2.27. The maximum Gasteiger partial charge on any atom is 0.221 e. The molecule has 1 aliphatic rings. The van der Waals surface area contributed by atoms with Gasteiger partial charge in [0.15, 0.2) is 12.3 Å². The number of carbonyl (C=O) groups is 1. The largest absolute Gasteiger partial charge is 0.307 e. The summed E-state index contributed by atoms with van der Waals surface area (Å²) in [6.07, 6.45) is 23.3. The van der Waals surface area contributed by atoms with Crippen LogP contribution in [0, 0.1) is 0 Å². The minimum atomic E-state index is 0.0572. The smallest absolute Gasteiger partial charge is 0.221 e. The van der Waals surface area contributed by atoms with Gasteiger partial charge in [-0.1, -0.05) is 70.3 Å². The summed E-state index contributed by atoms with van der Waals surface area (Å²) in [5, 5.41) is 3.11. The second-order valence-electron chi connectivity index (χ2n) is 8.90. The van der Waals surface area contributed by atoms with Crippen molar-refractivity contribution in [3.63, 3.8) is 0 Å². The van der Waals surface area contributed by atoms with E-state index in [0.29, 0.717) is 6.17 Å². The molecule has 0 aliphatic carbocycles. The number of rotatable bonds is 18. The third-order valence-electron chi connectivity index (χ3n) is 6.69. The van der Waals surface area contributed by atoms with Crippen LogP contribution in [0.3, 0.4) is 0 Å². The van der Waals surface area contributed by atoms with Gasteiger partial charge in [0.25, 0.3) is 0 Å². The van der Waals surface area contributed by atoms with Crippen LogP contribution in [0.2, 0.25) is 0 Å². The Labute approximate surface area is 180 Å². The fraction of sp³-hybridized carbons (Fsp3) is 0.840. The SMILES string of the molecule is C=CCCCCCCCCCCCCCCC1N=CC[N+]1(CC)C(C)NC(C)=O. The Morgan fingerprint density at radius 2 is 1.59 bits per heavy atom. The van der Waals surface area contributed by atoms with Crippen LogP contribution in [0.4, 0.5) is 0 Å². The van der Waals surface area contributed by atoms with E-state index < -0.39 is 0 Å². The number of nitrogens with zero attached hydrogens (tertiary/aromatic N) is 2. The Hall–Kier alpha value is -1.16. The molecule has 1 N–H and O–H groups in total. The molecule has 0 bridgehead atoms. The van der Waals surface area contributed by atoms with Crippen molar-refractivity contribution in [2.45, 2.75) is 123 Å². The molecule has 0 fully saturated rings. The number of amides is 1. The molecule has 168 valence electrons. The third-order valence-corrected chi connectivity index (χ3v) is 6.69. The molecule has 1 rings (SSSR count). The van der Waals surface area contributed by atoms with Gasteiger partial charge in [0.1, 0.15) is 6.54 Å². The zero-order valence-electron chi connectivity index (χ0n) is 19.6. The number of quaternary nitrogens is 1. The van der Waals surface area contributed by atoms with E-state index in [1.165, 1.54) is 83.5 Å². The van der Waals surface area contributed by atoms with E-state index in [1.54, 1.807) is 6.92 Å². The van der Waals surface area contributed by atoms with Crippen LogP contribution in [0.15, 0.2) is 17.6 Å². The van der Waals surface area contributed by atoms with Crippen molar-refractivity contribution >= 4 is 12.1 Å². The molecule has 0 spiro atoms. The van der Waals surface area contributed by atoms with Crippen molar-refractivity contribution in [3.05, 3.63) is 12.7 Å². The normalized spacial score (nSPS) is 22.0. The number of allylic oxidation sites excluding steroid dienone is 1. The first kappa shape index (κ1) is 25.9. The number of nitrogens with one attached hydrogen (secondary N) is 1. The minimum absolute atomic E-state index is 0.0572. The summed E-state index contributed by atoms with van der Waals surface area (Å²) in [6, 6.07) is 0. The van der Waals surface area contributed by atoms with Crippen molar-refractivity contribution in [3.8, 4) is 0 Å². The summed E-state index contributed by atoms with van der Waals surface area (Å²) >= 11 is 0. The van der Waals surface area contributed by atoms with Crippen molar-refractivity contribution in [2.75, 3.05) is 13.1 Å². The third kappa shape index (κ3) is 9.93. The summed E-state index contributed by atoms with van der Waals surface area (Å²) in [7, 11) is 0. The Balaban J connectivity index is 2.06. The Morgan fingerprint density at radius 3 is 2.07 bits per heavy atom. The minimum Gasteiger partial charge on any atom is -0.307 e. The fourth-order valence-electron chi connectivity index (χ4n) is 4.74. The van der Waals surface area contributed by atoms with Gasteiger partial charge in [0.2, 0.25) is 5.91 Å². The van der Waals surface area contributed by atoms with Gasteiger partial charge in [-0.25, -0.2) is 4.99 Å². The first-order valence-corrected chi connectivity index (χ1v) is 12.3. The topological polar surface area (TPSA) is 41.5 Å². The predicted molar refractivity (Wildman–Crippen MR) is 126 cm³/mol. The van der Waals surface area contributed by atoms with E-state index in [0.717, 1.165) is 24.0 Å². The maximum atomic E-state index is 11.5. The molecular formula is C25H48N3O+. The number of hydrogen-bond acceptors (Lipinski definition) is 2. The lowest BCUT2D eigenvalue weighted by molar-refractivity contribution is -0.959. The molecule has 4 nitrogen and oxygen atoms in total. The average molecular weight is 407 g/mol. The lowest BCUT2D eigenvalue weighted by Gasteiger charge is -2.42. The predicted octanol–water partition coefficient (Wildman–Crippen LogP) is 6.36. The highest BCUT2D eigenvalue weighted by atomic mass is 16.1. The second-order valence-corrected chi connectivity index (χ2v) is 8.90. The Morgan fingerprint density at radius 1 is 1.07 bits per heavy atom. The molecular weight excluding hydrogens is 358 g/mol. The van der Waals surface area contributed by atoms with Crippen LogP contribution < -0.4 is 5.32 Å². The molecule has 3 unspecified atom stereocenters. The highest BCUT2D eigenvalue weighted by molar-refractivity contribution is 5.73. The van der Waals surface area contributed by atoms with Gasteiger partial charge in [-0.3, -0.25) is 9.28 Å². The van der Waals surface area contributed by atoms with Crippen LogP contribution in [0.25, 0.3) is 0 Å². The summed E-state index contributed by atoms with van der Waals surface area (Å²) in [4.78, 5) is 16.3. The van der Waals surface area contributed by atoms with E-state index >= 15 is 0 Å². The number of carbonyl (C=O) groups excluding carboxylic acids is 1. The van der Waals surface area contributed by atoms with Crippen LogP contribution >= 0.6 is 0 Å². The molecule has 0 aromatic carbocycles. The van der Waals surface area contributed by atoms with Crippen molar-refractivity contribution in [1.82, 2.24) is 5.32 Å². The molecule has 1 aliphatic heterocycles. The fourth-order valence-corrected chi connectivity index (χ4v) is 4.74. The monoisotopic (exact) mass is 406 g/mol. The van der Waals surface area contributed by atoms with Gasteiger partial charge in [-0.05, 0) is 26.2 Å². The maximum absolute atomic E-state index is 11.5. The Kier molecular flexibility index (Phi) is 14.0. The molecule has 1 amide bonds. The summed E-state index contributed by atoms with van der Waals surface area (Å²) in [6.45, 7) is 11.7. The first-order valence-electron chi connectivity index (χ1n) is 12.3. The van der Waals surface area contributed by atoms with E-state index in [-0.39, 0.29) is 12.1 Å². The quantitative estimate of drug-likeness (QED) is 0.160. The average Bonchev–Trinajstić information content (AvgIpc) is 3.12. The molecule has 0 aromatic rings. The molecule has 29 heavy (non-hydrogen) atoms. The van der Waals surface area contributed by atoms with Gasteiger partial charge in [0.05, 0.1) is 12.8 Å². The van der Waals surface area contributed by atoms with Crippen LogP contribution in [-0.4, -0.2) is 42.0 Å². The number of aliphatic imine (C=N–C) groups is 1. The van der Waals surface area contributed by atoms with Crippen LogP contribution in [0.1, 0.15) is 111 Å². The summed E-state index contributed by atoms with van der Waals surface area (Å²) in [5.41, 5.74) is 0. The Bertz CT molecular complexity index is 477. The van der Waals surface area contributed by atoms with E-state index in [9.17, 15) is 4.79 Å². The number of unbranched alkanes of at least 4 members (excludes halogenated alkanes) is 12. The molecule has 4 heteroatoms. The van der Waals surface area contributed by atoms with E-state index in [4.69, 9.17) is 4.99 Å². The number of hydrogen-bond donors (Lipinski definition) is 1. The lowest BCUT2D eigenvalue weighted by Crippen LogP contribution is -2.63. The van der Waals surface area contributed by atoms with Crippen molar-refractivity contribution < 1.29 is 9.28 Å².